The third-order valence-corrected chi connectivity index (χ3v) is 5.11. The summed E-state index contributed by atoms with van der Waals surface area (Å²) >= 11 is 0. The number of pyridine rings is 1. The van der Waals surface area contributed by atoms with Gasteiger partial charge in [-0.25, -0.2) is 0 Å². The Morgan fingerprint density at radius 2 is 2.26 bits per heavy atom. The van der Waals surface area contributed by atoms with Crippen LogP contribution in [0.1, 0.15) is 57.2 Å². The summed E-state index contributed by atoms with van der Waals surface area (Å²) in [6.45, 7) is 3.34. The summed E-state index contributed by atoms with van der Waals surface area (Å²) in [6.07, 6.45) is 10.4. The van der Waals surface area contributed by atoms with Gasteiger partial charge in [-0.05, 0) is 68.5 Å². The number of fused-ring (bicyclic) bond motifs is 2. The van der Waals surface area contributed by atoms with Gasteiger partial charge in [-0.15, -0.1) is 0 Å². The fourth-order valence-corrected chi connectivity index (χ4v) is 4.18. The van der Waals surface area contributed by atoms with Crippen LogP contribution in [-0.4, -0.2) is 11.5 Å². The Morgan fingerprint density at radius 3 is 2.89 bits per heavy atom. The zero-order valence-corrected chi connectivity index (χ0v) is 12.0. The molecule has 2 nitrogen and oxygen atoms in total. The summed E-state index contributed by atoms with van der Waals surface area (Å²) in [6, 6.07) is 6.77. The van der Waals surface area contributed by atoms with E-state index >= 15 is 0 Å². The number of hydrogen-bond donors (Lipinski definition) is 1. The summed E-state index contributed by atoms with van der Waals surface area (Å²) in [5.74, 6) is 3.00. The molecule has 0 spiro atoms. The van der Waals surface area contributed by atoms with Crippen molar-refractivity contribution in [1.29, 1.82) is 0 Å². The van der Waals surface area contributed by atoms with Crippen molar-refractivity contribution < 1.29 is 0 Å². The lowest BCUT2D eigenvalue weighted by atomic mass is 9.83. The quantitative estimate of drug-likeness (QED) is 0.835. The Bertz CT molecular complexity index is 390. The topological polar surface area (TPSA) is 24.9 Å². The Morgan fingerprint density at radius 1 is 1.32 bits per heavy atom. The molecule has 2 heteroatoms. The molecule has 2 aliphatic rings. The third-order valence-electron chi connectivity index (χ3n) is 5.11. The second-order valence-corrected chi connectivity index (χ2v) is 6.43. The molecule has 2 fully saturated rings. The summed E-state index contributed by atoms with van der Waals surface area (Å²) in [7, 11) is 0. The van der Waals surface area contributed by atoms with E-state index in [0.717, 1.165) is 24.3 Å². The Hall–Kier alpha value is -0.890. The highest BCUT2D eigenvalue weighted by Crippen LogP contribution is 2.50. The fraction of sp³-hybridized carbons (Fsp3) is 0.706. The van der Waals surface area contributed by atoms with E-state index in [1.165, 1.54) is 44.2 Å². The van der Waals surface area contributed by atoms with Crippen LogP contribution in [0.3, 0.4) is 0 Å². The highest BCUT2D eigenvalue weighted by atomic mass is 14.9. The number of hydrogen-bond acceptors (Lipinski definition) is 2. The smallest absolute Gasteiger partial charge is 0.0573 e. The van der Waals surface area contributed by atoms with Gasteiger partial charge in [-0.1, -0.05) is 19.4 Å². The second-order valence-electron chi connectivity index (χ2n) is 6.43. The number of aromatic nitrogens is 1. The van der Waals surface area contributed by atoms with Crippen molar-refractivity contribution >= 4 is 0 Å². The molecule has 1 aromatic heterocycles. The molecule has 19 heavy (non-hydrogen) atoms. The second kappa shape index (κ2) is 6.04. The number of nitrogens with zero attached hydrogens (tertiary/aromatic N) is 1. The zero-order chi connectivity index (χ0) is 13.1. The van der Waals surface area contributed by atoms with E-state index in [2.05, 4.69) is 29.4 Å². The number of nitrogens with one attached hydrogen (secondary N) is 1. The molecule has 0 saturated heterocycles. The van der Waals surface area contributed by atoms with E-state index in [4.69, 9.17) is 0 Å². The van der Waals surface area contributed by atoms with E-state index in [0.29, 0.717) is 6.04 Å². The van der Waals surface area contributed by atoms with Crippen molar-refractivity contribution in [2.75, 3.05) is 6.54 Å². The van der Waals surface area contributed by atoms with E-state index in [1.807, 2.05) is 12.3 Å². The lowest BCUT2D eigenvalue weighted by Gasteiger charge is -2.27. The lowest BCUT2D eigenvalue weighted by Crippen LogP contribution is -2.27. The Labute approximate surface area is 117 Å². The first-order valence-electron chi connectivity index (χ1n) is 8.01. The van der Waals surface area contributed by atoms with Gasteiger partial charge in [0.2, 0.25) is 0 Å². The minimum absolute atomic E-state index is 0.463. The van der Waals surface area contributed by atoms with E-state index in [9.17, 15) is 0 Å². The molecule has 104 valence electrons. The molecule has 1 heterocycles. The van der Waals surface area contributed by atoms with Crippen LogP contribution in [0.15, 0.2) is 24.4 Å². The molecule has 0 aromatic carbocycles. The van der Waals surface area contributed by atoms with Crippen molar-refractivity contribution in [2.24, 2.45) is 17.8 Å². The summed E-state index contributed by atoms with van der Waals surface area (Å²) in [5.41, 5.74) is 1.23. The average molecular weight is 258 g/mol. The van der Waals surface area contributed by atoms with Crippen LogP contribution in [-0.2, 0) is 0 Å². The van der Waals surface area contributed by atoms with Gasteiger partial charge in [-0.2, -0.15) is 0 Å². The highest BCUT2D eigenvalue weighted by molar-refractivity contribution is 5.09. The first-order chi connectivity index (χ1) is 9.36. The minimum Gasteiger partial charge on any atom is -0.309 e. The first-order valence-corrected chi connectivity index (χ1v) is 8.01. The SMILES string of the molecule is CCCNC(CC1CC2CCC1C2)c1ccccn1. The third kappa shape index (κ3) is 3.00. The molecule has 0 amide bonds. The first kappa shape index (κ1) is 13.1. The van der Waals surface area contributed by atoms with Gasteiger partial charge in [0.25, 0.3) is 0 Å². The Kier molecular flexibility index (Phi) is 4.17. The molecule has 4 unspecified atom stereocenters. The van der Waals surface area contributed by atoms with Gasteiger partial charge in [0.15, 0.2) is 0 Å². The normalized spacial score (nSPS) is 30.7. The van der Waals surface area contributed by atoms with Gasteiger partial charge >= 0.3 is 0 Å². The summed E-state index contributed by atoms with van der Waals surface area (Å²) in [4.78, 5) is 4.57. The zero-order valence-electron chi connectivity index (χ0n) is 12.0. The van der Waals surface area contributed by atoms with Crippen LogP contribution in [0.5, 0.6) is 0 Å². The summed E-state index contributed by atoms with van der Waals surface area (Å²) in [5, 5.41) is 3.71. The van der Waals surface area contributed by atoms with Crippen LogP contribution in [0.2, 0.25) is 0 Å². The molecule has 1 aromatic rings. The monoisotopic (exact) mass is 258 g/mol. The van der Waals surface area contributed by atoms with Crippen molar-refractivity contribution in [3.05, 3.63) is 30.1 Å². The number of rotatable bonds is 6. The van der Waals surface area contributed by atoms with Crippen LogP contribution in [0.4, 0.5) is 0 Å². The van der Waals surface area contributed by atoms with Crippen molar-refractivity contribution in [3.8, 4) is 0 Å². The molecule has 0 radical (unpaired) electrons. The maximum Gasteiger partial charge on any atom is 0.0573 e. The minimum atomic E-state index is 0.463. The van der Waals surface area contributed by atoms with Gasteiger partial charge in [0.05, 0.1) is 5.69 Å². The molecule has 2 bridgehead atoms. The molecule has 3 rings (SSSR count). The molecule has 0 aliphatic heterocycles. The van der Waals surface area contributed by atoms with Crippen LogP contribution in [0.25, 0.3) is 0 Å². The van der Waals surface area contributed by atoms with Crippen molar-refractivity contribution in [2.45, 2.75) is 51.5 Å². The van der Waals surface area contributed by atoms with Crippen LogP contribution >= 0.6 is 0 Å². The standard InChI is InChI=1S/C17H26N2/c1-2-8-18-17(16-5-3-4-9-19-16)12-15-11-13-6-7-14(15)10-13/h3-5,9,13-15,17-18H,2,6-8,10-12H2,1H3. The molecule has 1 N–H and O–H groups in total. The summed E-state index contributed by atoms with van der Waals surface area (Å²) < 4.78 is 0. The molecular formula is C17H26N2. The van der Waals surface area contributed by atoms with Gasteiger partial charge in [0.1, 0.15) is 0 Å². The van der Waals surface area contributed by atoms with E-state index in [1.54, 1.807) is 0 Å². The van der Waals surface area contributed by atoms with Gasteiger partial charge < -0.3 is 5.32 Å². The Balaban J connectivity index is 1.66. The fourth-order valence-electron chi connectivity index (χ4n) is 4.18. The molecule has 2 saturated carbocycles. The lowest BCUT2D eigenvalue weighted by molar-refractivity contribution is 0.277. The predicted molar refractivity (Wildman–Crippen MR) is 78.8 cm³/mol. The van der Waals surface area contributed by atoms with Crippen molar-refractivity contribution in [3.63, 3.8) is 0 Å². The largest absolute Gasteiger partial charge is 0.309 e. The molecule has 4 atom stereocenters. The van der Waals surface area contributed by atoms with Gasteiger partial charge in [-0.3, -0.25) is 4.98 Å². The maximum atomic E-state index is 4.57. The highest BCUT2D eigenvalue weighted by Gasteiger charge is 2.40. The van der Waals surface area contributed by atoms with E-state index in [-0.39, 0.29) is 0 Å². The van der Waals surface area contributed by atoms with Crippen LogP contribution < -0.4 is 5.32 Å². The van der Waals surface area contributed by atoms with Crippen LogP contribution in [0, 0.1) is 17.8 Å². The molecular weight excluding hydrogens is 232 g/mol. The average Bonchev–Trinajstić information content (AvgIpc) is 3.07. The van der Waals surface area contributed by atoms with Crippen molar-refractivity contribution in [1.82, 2.24) is 10.3 Å². The maximum absolute atomic E-state index is 4.57. The predicted octanol–water partition coefficient (Wildman–Crippen LogP) is 3.95. The van der Waals surface area contributed by atoms with E-state index < -0.39 is 0 Å². The van der Waals surface area contributed by atoms with Gasteiger partial charge in [0, 0.05) is 12.2 Å². The molecule has 2 aliphatic carbocycles.